The molecule has 23 heavy (non-hydrogen) atoms. The number of nitriles is 1. The van der Waals surface area contributed by atoms with Crippen molar-refractivity contribution in [2.45, 2.75) is 19.8 Å². The first-order chi connectivity index (χ1) is 11.3. The van der Waals surface area contributed by atoms with Crippen molar-refractivity contribution < 1.29 is 14.2 Å². The first-order valence-corrected chi connectivity index (χ1v) is 7.69. The standard InChI is InChI=1S/C19H21NO3/c1-3-4-15-5-8-17(9-6-15)22-11-12-23-19-13-18(21-2)10-7-16(19)14-20/h5-10,13H,3-4,11-12H2,1-2H3. The van der Waals surface area contributed by atoms with E-state index in [2.05, 4.69) is 25.1 Å². The van der Waals surface area contributed by atoms with Gasteiger partial charge in [0.2, 0.25) is 0 Å². The third kappa shape index (κ3) is 4.93. The van der Waals surface area contributed by atoms with E-state index in [1.807, 2.05) is 12.1 Å². The summed E-state index contributed by atoms with van der Waals surface area (Å²) in [6.07, 6.45) is 2.21. The molecule has 0 N–H and O–H groups in total. The van der Waals surface area contributed by atoms with E-state index < -0.39 is 0 Å². The van der Waals surface area contributed by atoms with Gasteiger partial charge in [0.1, 0.15) is 36.5 Å². The van der Waals surface area contributed by atoms with Crippen LogP contribution in [0.4, 0.5) is 0 Å². The van der Waals surface area contributed by atoms with Crippen molar-refractivity contribution in [3.8, 4) is 23.3 Å². The molecule has 0 saturated carbocycles. The van der Waals surface area contributed by atoms with Gasteiger partial charge in [-0.2, -0.15) is 5.26 Å². The third-order valence-corrected chi connectivity index (χ3v) is 3.38. The topological polar surface area (TPSA) is 51.5 Å². The predicted molar refractivity (Wildman–Crippen MR) is 89.1 cm³/mol. The van der Waals surface area contributed by atoms with Crippen LogP contribution in [0.15, 0.2) is 42.5 Å². The van der Waals surface area contributed by atoms with Crippen molar-refractivity contribution in [1.82, 2.24) is 0 Å². The molecule has 0 fully saturated rings. The Bertz CT molecular complexity index is 659. The van der Waals surface area contributed by atoms with Gasteiger partial charge in [0, 0.05) is 6.07 Å². The highest BCUT2D eigenvalue weighted by Crippen LogP contribution is 2.24. The van der Waals surface area contributed by atoms with E-state index in [1.165, 1.54) is 5.56 Å². The Labute approximate surface area is 137 Å². The molecule has 2 aromatic carbocycles. The van der Waals surface area contributed by atoms with Gasteiger partial charge in [-0.3, -0.25) is 0 Å². The van der Waals surface area contributed by atoms with Crippen molar-refractivity contribution >= 4 is 0 Å². The van der Waals surface area contributed by atoms with Gasteiger partial charge in [0.05, 0.1) is 12.7 Å². The molecule has 0 heterocycles. The van der Waals surface area contributed by atoms with Crippen LogP contribution >= 0.6 is 0 Å². The Kier molecular flexibility index (Phi) is 6.31. The van der Waals surface area contributed by atoms with Crippen LogP contribution in [0.2, 0.25) is 0 Å². The SMILES string of the molecule is CCCc1ccc(OCCOc2cc(OC)ccc2C#N)cc1. The normalized spacial score (nSPS) is 9.96. The van der Waals surface area contributed by atoms with E-state index in [0.29, 0.717) is 30.3 Å². The molecule has 4 nitrogen and oxygen atoms in total. The first kappa shape index (κ1) is 16.7. The molecule has 0 amide bonds. The fourth-order valence-corrected chi connectivity index (χ4v) is 2.19. The Morgan fingerprint density at radius 1 is 0.957 bits per heavy atom. The third-order valence-electron chi connectivity index (χ3n) is 3.38. The number of methoxy groups -OCH3 is 1. The van der Waals surface area contributed by atoms with Crippen molar-refractivity contribution in [2.75, 3.05) is 20.3 Å². The molecule has 2 rings (SSSR count). The number of rotatable bonds is 8. The van der Waals surface area contributed by atoms with Gasteiger partial charge in [0.15, 0.2) is 0 Å². The average molecular weight is 311 g/mol. The highest BCUT2D eigenvalue weighted by atomic mass is 16.5. The second-order valence-corrected chi connectivity index (χ2v) is 5.06. The Hall–Kier alpha value is -2.67. The quantitative estimate of drug-likeness (QED) is 0.692. The lowest BCUT2D eigenvalue weighted by molar-refractivity contribution is 0.216. The fourth-order valence-electron chi connectivity index (χ4n) is 2.19. The maximum atomic E-state index is 9.08. The van der Waals surface area contributed by atoms with Crippen LogP contribution < -0.4 is 14.2 Å². The molecule has 0 aliphatic rings. The molecule has 0 spiro atoms. The lowest BCUT2D eigenvalue weighted by Gasteiger charge is -2.11. The molecular formula is C19H21NO3. The highest BCUT2D eigenvalue weighted by Gasteiger charge is 2.05. The number of ether oxygens (including phenoxy) is 3. The van der Waals surface area contributed by atoms with Gasteiger partial charge < -0.3 is 14.2 Å². The molecule has 0 aliphatic heterocycles. The lowest BCUT2D eigenvalue weighted by atomic mass is 10.1. The summed E-state index contributed by atoms with van der Waals surface area (Å²) in [5, 5.41) is 9.08. The molecule has 0 radical (unpaired) electrons. The molecule has 0 bridgehead atoms. The van der Waals surface area contributed by atoms with Crippen LogP contribution in [0.3, 0.4) is 0 Å². The van der Waals surface area contributed by atoms with Crippen molar-refractivity contribution in [3.05, 3.63) is 53.6 Å². The zero-order valence-electron chi connectivity index (χ0n) is 13.5. The largest absolute Gasteiger partial charge is 0.497 e. The molecule has 0 unspecified atom stereocenters. The number of benzene rings is 2. The molecule has 4 heteroatoms. The van der Waals surface area contributed by atoms with Crippen molar-refractivity contribution in [1.29, 1.82) is 5.26 Å². The van der Waals surface area contributed by atoms with Crippen LogP contribution in [0.5, 0.6) is 17.2 Å². The van der Waals surface area contributed by atoms with Crippen LogP contribution in [-0.2, 0) is 6.42 Å². The smallest absolute Gasteiger partial charge is 0.140 e. The fraction of sp³-hybridized carbons (Fsp3) is 0.316. The van der Waals surface area contributed by atoms with Crippen molar-refractivity contribution in [3.63, 3.8) is 0 Å². The summed E-state index contributed by atoms with van der Waals surface area (Å²) < 4.78 is 16.4. The Morgan fingerprint density at radius 2 is 1.65 bits per heavy atom. The van der Waals surface area contributed by atoms with Gasteiger partial charge >= 0.3 is 0 Å². The maximum Gasteiger partial charge on any atom is 0.140 e. The van der Waals surface area contributed by atoms with Crippen LogP contribution in [0, 0.1) is 11.3 Å². The van der Waals surface area contributed by atoms with E-state index >= 15 is 0 Å². The Balaban J connectivity index is 1.84. The van der Waals surface area contributed by atoms with E-state index in [-0.39, 0.29) is 0 Å². The van der Waals surface area contributed by atoms with E-state index in [9.17, 15) is 0 Å². The van der Waals surface area contributed by atoms with Gasteiger partial charge in [-0.05, 0) is 36.2 Å². The molecule has 0 atom stereocenters. The maximum absolute atomic E-state index is 9.08. The van der Waals surface area contributed by atoms with Crippen LogP contribution in [0.1, 0.15) is 24.5 Å². The summed E-state index contributed by atoms with van der Waals surface area (Å²) in [5.41, 5.74) is 1.79. The average Bonchev–Trinajstić information content (AvgIpc) is 2.60. The summed E-state index contributed by atoms with van der Waals surface area (Å²) in [5.74, 6) is 1.99. The Morgan fingerprint density at radius 3 is 2.30 bits per heavy atom. The van der Waals surface area contributed by atoms with Gasteiger partial charge in [-0.1, -0.05) is 25.5 Å². The van der Waals surface area contributed by atoms with Crippen LogP contribution in [0.25, 0.3) is 0 Å². The zero-order valence-corrected chi connectivity index (χ0v) is 13.5. The minimum atomic E-state index is 0.360. The van der Waals surface area contributed by atoms with Crippen LogP contribution in [-0.4, -0.2) is 20.3 Å². The second-order valence-electron chi connectivity index (χ2n) is 5.06. The number of aryl methyl sites for hydroxylation is 1. The summed E-state index contributed by atoms with van der Waals surface area (Å²) in [4.78, 5) is 0. The number of hydrogen-bond acceptors (Lipinski definition) is 4. The predicted octanol–water partition coefficient (Wildman–Crippen LogP) is 3.98. The monoisotopic (exact) mass is 311 g/mol. The molecule has 0 aliphatic carbocycles. The molecule has 120 valence electrons. The van der Waals surface area contributed by atoms with Crippen molar-refractivity contribution in [2.24, 2.45) is 0 Å². The molecular weight excluding hydrogens is 290 g/mol. The minimum Gasteiger partial charge on any atom is -0.497 e. The van der Waals surface area contributed by atoms with E-state index in [1.54, 1.807) is 25.3 Å². The highest BCUT2D eigenvalue weighted by molar-refractivity contribution is 5.47. The molecule has 2 aromatic rings. The van der Waals surface area contributed by atoms with Gasteiger partial charge in [-0.15, -0.1) is 0 Å². The lowest BCUT2D eigenvalue weighted by Crippen LogP contribution is -2.09. The minimum absolute atomic E-state index is 0.360. The first-order valence-electron chi connectivity index (χ1n) is 7.69. The summed E-state index contributed by atoms with van der Waals surface area (Å²) in [6, 6.07) is 15.3. The van der Waals surface area contributed by atoms with E-state index in [0.717, 1.165) is 18.6 Å². The summed E-state index contributed by atoms with van der Waals surface area (Å²) >= 11 is 0. The van der Waals surface area contributed by atoms with E-state index in [4.69, 9.17) is 19.5 Å². The second kappa shape index (κ2) is 8.70. The summed E-state index contributed by atoms with van der Waals surface area (Å²) in [7, 11) is 1.58. The molecule has 0 saturated heterocycles. The summed E-state index contributed by atoms with van der Waals surface area (Å²) in [6.45, 7) is 2.93. The number of hydrogen-bond donors (Lipinski definition) is 0. The molecule has 0 aromatic heterocycles. The number of nitrogens with zero attached hydrogens (tertiary/aromatic N) is 1. The van der Waals surface area contributed by atoms with Gasteiger partial charge in [-0.25, -0.2) is 0 Å². The zero-order chi connectivity index (χ0) is 16.5. The van der Waals surface area contributed by atoms with Gasteiger partial charge in [0.25, 0.3) is 0 Å².